The minimum Gasteiger partial charge on any atom is -0.507 e. The number of aliphatic hydroxyl groups excluding tert-OH is 1. The third-order valence-electron chi connectivity index (χ3n) is 5.83. The van der Waals surface area contributed by atoms with Crippen LogP contribution in [0.15, 0.2) is 72.3 Å². The largest absolute Gasteiger partial charge is 0.507 e. The first-order valence-electron chi connectivity index (χ1n) is 10.4. The van der Waals surface area contributed by atoms with E-state index in [-0.39, 0.29) is 11.3 Å². The number of carbonyl (C=O) groups excluding carboxylic acids is 2. The van der Waals surface area contributed by atoms with Gasteiger partial charge in [0.05, 0.1) is 18.7 Å². The Morgan fingerprint density at radius 2 is 1.56 bits per heavy atom. The summed E-state index contributed by atoms with van der Waals surface area (Å²) in [4.78, 5) is 28.1. The Labute approximate surface area is 187 Å². The predicted octanol–water partition coefficient (Wildman–Crippen LogP) is 5.25. The third-order valence-corrected chi connectivity index (χ3v) is 5.83. The summed E-state index contributed by atoms with van der Waals surface area (Å²) in [5, 5.41) is 11.2. The highest BCUT2D eigenvalue weighted by Gasteiger charge is 2.48. The van der Waals surface area contributed by atoms with Crippen molar-refractivity contribution in [3.05, 3.63) is 100 Å². The Balaban J connectivity index is 2.02. The number of aryl methyl sites for hydroxylation is 3. The summed E-state index contributed by atoms with van der Waals surface area (Å²) >= 11 is 0. The lowest BCUT2D eigenvalue weighted by Gasteiger charge is -2.28. The zero-order chi connectivity index (χ0) is 23.0. The number of aliphatic hydroxyl groups is 1. The Kier molecular flexibility index (Phi) is 5.57. The van der Waals surface area contributed by atoms with Crippen molar-refractivity contribution in [2.24, 2.45) is 0 Å². The molecule has 0 radical (unpaired) electrons. The van der Waals surface area contributed by atoms with Crippen molar-refractivity contribution in [3.63, 3.8) is 0 Å². The number of carbonyl (C=O) groups is 2. The number of anilines is 1. The van der Waals surface area contributed by atoms with E-state index >= 15 is 0 Å². The average Bonchev–Trinajstić information content (AvgIpc) is 3.05. The average molecular weight is 428 g/mol. The number of ether oxygens (including phenoxy) is 1. The molecule has 162 valence electrons. The molecule has 0 aromatic heterocycles. The summed E-state index contributed by atoms with van der Waals surface area (Å²) in [6.45, 7) is 5.77. The van der Waals surface area contributed by atoms with Gasteiger partial charge in [0.25, 0.3) is 11.7 Å². The van der Waals surface area contributed by atoms with E-state index in [0.717, 1.165) is 16.7 Å². The van der Waals surface area contributed by atoms with Crippen LogP contribution in [0.3, 0.4) is 0 Å². The highest BCUT2D eigenvalue weighted by atomic mass is 16.5. The molecule has 1 unspecified atom stereocenters. The number of amides is 1. The first kappa shape index (κ1) is 21.4. The second-order valence-corrected chi connectivity index (χ2v) is 8.07. The molecule has 0 bridgehead atoms. The fourth-order valence-electron chi connectivity index (χ4n) is 4.11. The molecule has 1 saturated heterocycles. The van der Waals surface area contributed by atoms with E-state index in [9.17, 15) is 14.7 Å². The van der Waals surface area contributed by atoms with Crippen LogP contribution in [0.25, 0.3) is 5.76 Å². The van der Waals surface area contributed by atoms with Gasteiger partial charge in [0.1, 0.15) is 11.5 Å². The number of Topliss-reactive ketones (excluding diaryl/α,β-unsaturated/α-hetero) is 1. The number of para-hydroxylation sites is 1. The molecular formula is C27H25NO4. The van der Waals surface area contributed by atoms with Gasteiger partial charge >= 0.3 is 0 Å². The van der Waals surface area contributed by atoms with Gasteiger partial charge in [0, 0.05) is 16.8 Å². The molecule has 5 heteroatoms. The molecule has 1 aliphatic heterocycles. The zero-order valence-electron chi connectivity index (χ0n) is 18.5. The molecule has 0 saturated carbocycles. The number of methoxy groups -OCH3 is 1. The van der Waals surface area contributed by atoms with Crippen LogP contribution >= 0.6 is 0 Å². The lowest BCUT2D eigenvalue weighted by Crippen LogP contribution is -2.30. The molecule has 3 aromatic carbocycles. The molecule has 0 spiro atoms. The number of hydrogen-bond donors (Lipinski definition) is 1. The van der Waals surface area contributed by atoms with Gasteiger partial charge < -0.3 is 9.84 Å². The summed E-state index contributed by atoms with van der Waals surface area (Å²) in [5.41, 5.74) is 4.63. The minimum atomic E-state index is -0.826. The fraction of sp³-hybridized carbons (Fsp3) is 0.185. The van der Waals surface area contributed by atoms with E-state index in [1.54, 1.807) is 25.3 Å². The van der Waals surface area contributed by atoms with Crippen LogP contribution < -0.4 is 9.64 Å². The summed E-state index contributed by atoms with van der Waals surface area (Å²) in [7, 11) is 1.54. The fourth-order valence-corrected chi connectivity index (χ4v) is 4.11. The zero-order valence-corrected chi connectivity index (χ0v) is 18.5. The van der Waals surface area contributed by atoms with Crippen molar-refractivity contribution in [3.8, 4) is 5.75 Å². The molecule has 1 heterocycles. The molecule has 4 rings (SSSR count). The molecule has 5 nitrogen and oxygen atoms in total. The van der Waals surface area contributed by atoms with E-state index in [1.807, 2.05) is 69.3 Å². The van der Waals surface area contributed by atoms with Crippen molar-refractivity contribution in [2.75, 3.05) is 12.0 Å². The van der Waals surface area contributed by atoms with Crippen LogP contribution in [-0.4, -0.2) is 23.9 Å². The molecule has 1 aliphatic rings. The van der Waals surface area contributed by atoms with Crippen LogP contribution in [0.4, 0.5) is 5.69 Å². The molecule has 1 atom stereocenters. The summed E-state index contributed by atoms with van der Waals surface area (Å²) in [6.07, 6.45) is 0. The molecule has 3 aromatic rings. The first-order chi connectivity index (χ1) is 15.3. The van der Waals surface area contributed by atoms with Gasteiger partial charge in [0.2, 0.25) is 0 Å². The van der Waals surface area contributed by atoms with Gasteiger partial charge in [-0.1, -0.05) is 60.2 Å². The Bertz CT molecular complexity index is 1240. The van der Waals surface area contributed by atoms with E-state index in [4.69, 9.17) is 4.74 Å². The maximum absolute atomic E-state index is 13.3. The highest BCUT2D eigenvalue weighted by Crippen LogP contribution is 2.45. The lowest BCUT2D eigenvalue weighted by atomic mass is 9.94. The van der Waals surface area contributed by atoms with Crippen LogP contribution in [0.1, 0.15) is 33.9 Å². The van der Waals surface area contributed by atoms with E-state index in [0.29, 0.717) is 22.6 Å². The van der Waals surface area contributed by atoms with Crippen molar-refractivity contribution in [1.82, 2.24) is 0 Å². The molecule has 1 amide bonds. The number of rotatable bonds is 4. The van der Waals surface area contributed by atoms with Crippen molar-refractivity contribution < 1.29 is 19.4 Å². The SMILES string of the molecule is COc1ccccc1C1/C(=C(\O)c2ccc(C)cc2)C(=O)C(=O)N1c1cc(C)ccc1C. The molecule has 0 aliphatic carbocycles. The predicted molar refractivity (Wildman–Crippen MR) is 125 cm³/mol. The topological polar surface area (TPSA) is 66.8 Å². The summed E-state index contributed by atoms with van der Waals surface area (Å²) in [5.74, 6) is -1.07. The smallest absolute Gasteiger partial charge is 0.300 e. The second-order valence-electron chi connectivity index (χ2n) is 8.07. The van der Waals surface area contributed by atoms with Gasteiger partial charge in [-0.25, -0.2) is 0 Å². The number of hydrogen-bond acceptors (Lipinski definition) is 4. The Hall–Kier alpha value is -3.86. The van der Waals surface area contributed by atoms with Crippen LogP contribution in [-0.2, 0) is 9.59 Å². The number of ketones is 1. The van der Waals surface area contributed by atoms with Crippen molar-refractivity contribution in [2.45, 2.75) is 26.8 Å². The summed E-state index contributed by atoms with van der Waals surface area (Å²) in [6, 6.07) is 19.4. The van der Waals surface area contributed by atoms with E-state index < -0.39 is 17.7 Å². The Morgan fingerprint density at radius 1 is 0.906 bits per heavy atom. The monoisotopic (exact) mass is 427 g/mol. The second kappa shape index (κ2) is 8.35. The van der Waals surface area contributed by atoms with E-state index in [1.165, 1.54) is 4.90 Å². The molecule has 1 fully saturated rings. The van der Waals surface area contributed by atoms with Crippen molar-refractivity contribution >= 4 is 23.1 Å². The van der Waals surface area contributed by atoms with E-state index in [2.05, 4.69) is 0 Å². The molecular weight excluding hydrogens is 402 g/mol. The first-order valence-corrected chi connectivity index (χ1v) is 10.4. The third kappa shape index (κ3) is 3.56. The standard InChI is InChI=1S/C27H25NO4/c1-16-10-13-19(14-11-16)25(29)23-24(20-7-5-6-8-22(20)32-4)28(27(31)26(23)30)21-15-17(2)9-12-18(21)3/h5-15,24,29H,1-4H3/b25-23+. The lowest BCUT2D eigenvalue weighted by molar-refractivity contribution is -0.132. The number of nitrogens with zero attached hydrogens (tertiary/aromatic N) is 1. The highest BCUT2D eigenvalue weighted by molar-refractivity contribution is 6.51. The van der Waals surface area contributed by atoms with Crippen LogP contribution in [0, 0.1) is 20.8 Å². The number of benzene rings is 3. The molecule has 1 N–H and O–H groups in total. The maximum Gasteiger partial charge on any atom is 0.300 e. The van der Waals surface area contributed by atoms with Gasteiger partial charge in [-0.3, -0.25) is 14.5 Å². The van der Waals surface area contributed by atoms with Crippen molar-refractivity contribution in [1.29, 1.82) is 0 Å². The van der Waals surface area contributed by atoms with Gasteiger partial charge in [0.15, 0.2) is 0 Å². The van der Waals surface area contributed by atoms with Crippen LogP contribution in [0.2, 0.25) is 0 Å². The summed E-state index contributed by atoms with van der Waals surface area (Å²) < 4.78 is 5.56. The Morgan fingerprint density at radius 3 is 2.25 bits per heavy atom. The molecule has 32 heavy (non-hydrogen) atoms. The van der Waals surface area contributed by atoms with Gasteiger partial charge in [-0.05, 0) is 44.0 Å². The van der Waals surface area contributed by atoms with Gasteiger partial charge in [-0.2, -0.15) is 0 Å². The van der Waals surface area contributed by atoms with Crippen LogP contribution in [0.5, 0.6) is 5.75 Å². The normalized spacial score (nSPS) is 17.6. The quantitative estimate of drug-likeness (QED) is 0.351. The minimum absolute atomic E-state index is 0.0456. The van der Waals surface area contributed by atoms with Gasteiger partial charge in [-0.15, -0.1) is 0 Å². The maximum atomic E-state index is 13.3.